The summed E-state index contributed by atoms with van der Waals surface area (Å²) >= 11 is 1.64. The van der Waals surface area contributed by atoms with E-state index in [1.54, 1.807) is 23.5 Å². The van der Waals surface area contributed by atoms with E-state index >= 15 is 0 Å². The minimum atomic E-state index is -0.336. The van der Waals surface area contributed by atoms with Crippen molar-refractivity contribution in [1.82, 2.24) is 0 Å². The Hall–Kier alpha value is -1.43. The number of benzene rings is 1. The average Bonchev–Trinajstić information content (AvgIpc) is 2.90. The molecule has 0 bridgehead atoms. The fraction of sp³-hybridized carbons (Fsp3) is 0.231. The van der Waals surface area contributed by atoms with Gasteiger partial charge in [-0.25, -0.2) is 0 Å². The van der Waals surface area contributed by atoms with Crippen molar-refractivity contribution >= 4 is 29.4 Å². The first kappa shape index (κ1) is 15.6. The van der Waals surface area contributed by atoms with Gasteiger partial charge in [-0.15, -0.1) is 23.7 Å². The van der Waals surface area contributed by atoms with E-state index in [9.17, 15) is 10.1 Å². The monoisotopic (exact) mass is 298 g/mol. The van der Waals surface area contributed by atoms with E-state index in [4.69, 9.17) is 5.73 Å². The largest absolute Gasteiger partial charge is 0.330 e. The molecular formula is C13H15ClN2O2S. The molecule has 1 aromatic heterocycles. The Kier molecular flexibility index (Phi) is 5.95. The lowest BCUT2D eigenvalue weighted by Gasteiger charge is -2.12. The van der Waals surface area contributed by atoms with Crippen LogP contribution in [0.5, 0.6) is 0 Å². The molecule has 1 atom stereocenters. The van der Waals surface area contributed by atoms with E-state index in [1.165, 1.54) is 10.9 Å². The lowest BCUT2D eigenvalue weighted by molar-refractivity contribution is -0.385. The summed E-state index contributed by atoms with van der Waals surface area (Å²) in [6.45, 7) is 0.493. The highest BCUT2D eigenvalue weighted by molar-refractivity contribution is 7.10. The quantitative estimate of drug-likeness (QED) is 0.679. The summed E-state index contributed by atoms with van der Waals surface area (Å²) in [6.07, 6.45) is 0.605. The molecule has 0 aliphatic rings. The van der Waals surface area contributed by atoms with Gasteiger partial charge in [-0.05, 0) is 17.9 Å². The number of thiophene rings is 1. The van der Waals surface area contributed by atoms with E-state index < -0.39 is 0 Å². The van der Waals surface area contributed by atoms with Crippen molar-refractivity contribution in [2.24, 2.45) is 5.73 Å². The topological polar surface area (TPSA) is 69.2 Å². The summed E-state index contributed by atoms with van der Waals surface area (Å²) < 4.78 is 0. The zero-order chi connectivity index (χ0) is 13.0. The van der Waals surface area contributed by atoms with Crippen LogP contribution in [0.1, 0.15) is 16.4 Å². The van der Waals surface area contributed by atoms with Crippen molar-refractivity contribution < 1.29 is 4.92 Å². The summed E-state index contributed by atoms with van der Waals surface area (Å²) in [5.74, 6) is 0.145. The number of rotatable bonds is 5. The number of nitro groups is 1. The summed E-state index contributed by atoms with van der Waals surface area (Å²) in [5, 5.41) is 13.0. The fourth-order valence-electron chi connectivity index (χ4n) is 1.95. The van der Waals surface area contributed by atoms with Gasteiger partial charge in [0, 0.05) is 29.0 Å². The molecule has 0 fully saturated rings. The third kappa shape index (κ3) is 3.76. The minimum Gasteiger partial charge on any atom is -0.330 e. The van der Waals surface area contributed by atoms with Crippen LogP contribution in [0.4, 0.5) is 5.69 Å². The number of nitrogens with zero attached hydrogens (tertiary/aromatic N) is 1. The molecule has 0 spiro atoms. The molecule has 102 valence electrons. The Morgan fingerprint density at radius 3 is 2.58 bits per heavy atom. The molecule has 0 amide bonds. The van der Waals surface area contributed by atoms with Crippen LogP contribution in [0.15, 0.2) is 41.8 Å². The zero-order valence-electron chi connectivity index (χ0n) is 10.2. The Morgan fingerprint density at radius 2 is 2.00 bits per heavy atom. The van der Waals surface area contributed by atoms with E-state index in [2.05, 4.69) is 0 Å². The molecule has 4 nitrogen and oxygen atoms in total. The predicted molar refractivity (Wildman–Crippen MR) is 80.2 cm³/mol. The maximum absolute atomic E-state index is 11.0. The lowest BCUT2D eigenvalue weighted by atomic mass is 9.97. The highest BCUT2D eigenvalue weighted by Gasteiger charge is 2.18. The third-order valence-electron chi connectivity index (χ3n) is 2.88. The molecule has 0 saturated carbocycles. The third-order valence-corrected chi connectivity index (χ3v) is 3.92. The van der Waals surface area contributed by atoms with E-state index in [-0.39, 0.29) is 28.9 Å². The number of nitro benzene ring substituents is 1. The normalized spacial score (nSPS) is 11.6. The molecule has 2 aromatic rings. The number of hydrogen-bond donors (Lipinski definition) is 1. The Balaban J connectivity index is 0.00000180. The van der Waals surface area contributed by atoms with E-state index in [0.29, 0.717) is 13.0 Å². The van der Waals surface area contributed by atoms with Gasteiger partial charge in [0.25, 0.3) is 5.69 Å². The van der Waals surface area contributed by atoms with Gasteiger partial charge >= 0.3 is 0 Å². The Labute approximate surface area is 121 Å². The molecule has 2 rings (SSSR count). The summed E-state index contributed by atoms with van der Waals surface area (Å²) in [7, 11) is 0. The molecular weight excluding hydrogens is 284 g/mol. The second-order valence-corrected chi connectivity index (χ2v) is 5.02. The average molecular weight is 299 g/mol. The molecule has 0 saturated heterocycles. The molecule has 6 heteroatoms. The van der Waals surface area contributed by atoms with Gasteiger partial charge in [-0.3, -0.25) is 10.1 Å². The molecule has 19 heavy (non-hydrogen) atoms. The van der Waals surface area contributed by atoms with Crippen molar-refractivity contribution in [1.29, 1.82) is 0 Å². The number of halogens is 1. The first-order valence-corrected chi connectivity index (χ1v) is 6.56. The second-order valence-electron chi connectivity index (χ2n) is 4.04. The maximum atomic E-state index is 11.0. The van der Waals surface area contributed by atoms with Gasteiger partial charge in [-0.2, -0.15) is 0 Å². The van der Waals surface area contributed by atoms with Crippen molar-refractivity contribution in [3.05, 3.63) is 62.3 Å². The first-order chi connectivity index (χ1) is 8.72. The van der Waals surface area contributed by atoms with Crippen LogP contribution in [-0.2, 0) is 6.42 Å². The SMILES string of the molecule is Cl.NCC(Cc1ccccc1[N+](=O)[O-])c1cccs1. The van der Waals surface area contributed by atoms with Crippen LogP contribution in [0.3, 0.4) is 0 Å². The number of para-hydroxylation sites is 1. The summed E-state index contributed by atoms with van der Waals surface area (Å²) in [6, 6.07) is 10.8. The highest BCUT2D eigenvalue weighted by atomic mass is 35.5. The number of nitrogens with two attached hydrogens (primary N) is 1. The summed E-state index contributed by atoms with van der Waals surface area (Å²) in [4.78, 5) is 11.8. The highest BCUT2D eigenvalue weighted by Crippen LogP contribution is 2.28. The molecule has 1 unspecified atom stereocenters. The molecule has 0 aliphatic heterocycles. The molecule has 2 N–H and O–H groups in total. The van der Waals surface area contributed by atoms with Gasteiger partial charge < -0.3 is 5.73 Å². The van der Waals surface area contributed by atoms with Crippen molar-refractivity contribution in [3.63, 3.8) is 0 Å². The minimum absolute atomic E-state index is 0. The number of hydrogen-bond acceptors (Lipinski definition) is 4. The molecule has 1 heterocycles. The van der Waals surface area contributed by atoms with E-state index in [1.807, 2.05) is 23.6 Å². The van der Waals surface area contributed by atoms with Gasteiger partial charge in [0.1, 0.15) is 0 Å². The van der Waals surface area contributed by atoms with Gasteiger partial charge in [0.15, 0.2) is 0 Å². The van der Waals surface area contributed by atoms with E-state index in [0.717, 1.165) is 5.56 Å². The Bertz CT molecular complexity index is 531. The van der Waals surface area contributed by atoms with Crippen LogP contribution in [0, 0.1) is 10.1 Å². The van der Waals surface area contributed by atoms with Gasteiger partial charge in [0.2, 0.25) is 0 Å². The maximum Gasteiger partial charge on any atom is 0.272 e. The molecule has 0 aliphatic carbocycles. The smallest absolute Gasteiger partial charge is 0.272 e. The van der Waals surface area contributed by atoms with Crippen LogP contribution in [0.2, 0.25) is 0 Å². The second kappa shape index (κ2) is 7.23. The van der Waals surface area contributed by atoms with Crippen molar-refractivity contribution in [3.8, 4) is 0 Å². The van der Waals surface area contributed by atoms with Gasteiger partial charge in [-0.1, -0.05) is 24.3 Å². The van der Waals surface area contributed by atoms with Crippen molar-refractivity contribution in [2.75, 3.05) is 6.54 Å². The Morgan fingerprint density at radius 1 is 1.26 bits per heavy atom. The lowest BCUT2D eigenvalue weighted by Crippen LogP contribution is -2.14. The van der Waals surface area contributed by atoms with Crippen LogP contribution in [-0.4, -0.2) is 11.5 Å². The molecule has 1 aromatic carbocycles. The van der Waals surface area contributed by atoms with Crippen molar-refractivity contribution in [2.45, 2.75) is 12.3 Å². The first-order valence-electron chi connectivity index (χ1n) is 5.68. The van der Waals surface area contributed by atoms with Crippen LogP contribution >= 0.6 is 23.7 Å². The van der Waals surface area contributed by atoms with Gasteiger partial charge in [0.05, 0.1) is 4.92 Å². The van der Waals surface area contributed by atoms with Crippen LogP contribution in [0.25, 0.3) is 0 Å². The molecule has 0 radical (unpaired) electrons. The fourth-order valence-corrected chi connectivity index (χ4v) is 2.79. The zero-order valence-corrected chi connectivity index (χ0v) is 11.8. The predicted octanol–water partition coefficient (Wildman–Crippen LogP) is 3.36. The standard InChI is InChI=1S/C13H14N2O2S.ClH/c14-9-11(13-6-3-7-18-13)8-10-4-1-2-5-12(10)15(16)17;/h1-7,11H,8-9,14H2;1H. The summed E-state index contributed by atoms with van der Waals surface area (Å²) in [5.41, 5.74) is 6.69. The van der Waals surface area contributed by atoms with Crippen LogP contribution < -0.4 is 5.73 Å².